The van der Waals surface area contributed by atoms with Crippen molar-refractivity contribution in [3.8, 4) is 5.75 Å². The summed E-state index contributed by atoms with van der Waals surface area (Å²) in [6.07, 6.45) is 1.26. The molecule has 0 saturated carbocycles. The summed E-state index contributed by atoms with van der Waals surface area (Å²) in [7, 11) is 0. The molecular formula is C17H16BrN3O3. The van der Waals surface area contributed by atoms with Gasteiger partial charge < -0.3 is 10.4 Å². The second-order valence-corrected chi connectivity index (χ2v) is 5.92. The summed E-state index contributed by atoms with van der Waals surface area (Å²) < 4.78 is 0.752. The summed E-state index contributed by atoms with van der Waals surface area (Å²) in [5.41, 5.74) is 3.42. The average molecular weight is 390 g/mol. The maximum absolute atomic E-state index is 11.8. The highest BCUT2D eigenvalue weighted by Gasteiger charge is 2.16. The molecule has 0 aromatic heterocycles. The normalized spacial score (nSPS) is 11.9. The smallest absolute Gasteiger partial charge is 0.329 e. The zero-order valence-corrected chi connectivity index (χ0v) is 14.4. The quantitative estimate of drug-likeness (QED) is 0.426. The van der Waals surface area contributed by atoms with Gasteiger partial charge in [0.2, 0.25) is 0 Å². The number of hydrogen-bond donors (Lipinski definition) is 3. The van der Waals surface area contributed by atoms with E-state index in [0.29, 0.717) is 5.56 Å². The van der Waals surface area contributed by atoms with E-state index in [1.54, 1.807) is 19.1 Å². The molecular weight excluding hydrogens is 374 g/mol. The molecule has 0 aliphatic carbocycles. The fourth-order valence-electron chi connectivity index (χ4n) is 1.93. The van der Waals surface area contributed by atoms with Crippen LogP contribution < -0.4 is 10.7 Å². The maximum Gasteiger partial charge on any atom is 0.329 e. The molecule has 0 aliphatic rings. The van der Waals surface area contributed by atoms with Crippen LogP contribution in [0.2, 0.25) is 0 Å². The zero-order chi connectivity index (χ0) is 17.5. The molecule has 2 rings (SSSR count). The molecule has 2 amide bonds. The Labute approximate surface area is 147 Å². The van der Waals surface area contributed by atoms with E-state index in [1.165, 1.54) is 12.3 Å². The van der Waals surface area contributed by atoms with Gasteiger partial charge in [0.25, 0.3) is 0 Å². The molecule has 0 unspecified atom stereocenters. The summed E-state index contributed by atoms with van der Waals surface area (Å²) in [5, 5.41) is 15.9. The highest BCUT2D eigenvalue weighted by molar-refractivity contribution is 9.10. The standard InChI is InChI=1S/C17H16BrN3O3/c1-11(12-5-3-2-4-6-12)20-16(23)17(24)21-19-10-13-9-14(18)7-8-15(13)22/h2-11,22H,1H3,(H,20,23)(H,21,24)/b19-10+/t11-/m1/s1. The van der Waals surface area contributed by atoms with Gasteiger partial charge in [-0.1, -0.05) is 46.3 Å². The summed E-state index contributed by atoms with van der Waals surface area (Å²) in [5.74, 6) is -1.66. The second kappa shape index (κ2) is 8.26. The van der Waals surface area contributed by atoms with Crippen molar-refractivity contribution in [1.82, 2.24) is 10.7 Å². The van der Waals surface area contributed by atoms with Crippen molar-refractivity contribution >= 4 is 34.0 Å². The van der Waals surface area contributed by atoms with Crippen LogP contribution in [0.25, 0.3) is 0 Å². The minimum absolute atomic E-state index is 0.0124. The molecule has 0 bridgehead atoms. The lowest BCUT2D eigenvalue weighted by atomic mass is 10.1. The molecule has 0 spiro atoms. The first kappa shape index (κ1) is 17.7. The van der Waals surface area contributed by atoms with E-state index in [0.717, 1.165) is 10.0 Å². The van der Waals surface area contributed by atoms with Crippen LogP contribution >= 0.6 is 15.9 Å². The van der Waals surface area contributed by atoms with Crippen LogP contribution in [0.4, 0.5) is 0 Å². The summed E-state index contributed by atoms with van der Waals surface area (Å²) in [6, 6.07) is 13.8. The maximum atomic E-state index is 11.8. The third-order valence-corrected chi connectivity index (χ3v) is 3.71. The highest BCUT2D eigenvalue weighted by atomic mass is 79.9. The topological polar surface area (TPSA) is 90.8 Å². The van der Waals surface area contributed by atoms with Crippen LogP contribution in [0.5, 0.6) is 5.75 Å². The number of phenolic OH excluding ortho intramolecular Hbond substituents is 1. The Morgan fingerprint density at radius 2 is 1.88 bits per heavy atom. The molecule has 0 saturated heterocycles. The van der Waals surface area contributed by atoms with Crippen LogP contribution in [0.15, 0.2) is 58.1 Å². The monoisotopic (exact) mass is 389 g/mol. The molecule has 0 fully saturated rings. The summed E-state index contributed by atoms with van der Waals surface area (Å²) >= 11 is 3.27. The first-order valence-electron chi connectivity index (χ1n) is 7.14. The largest absolute Gasteiger partial charge is 0.507 e. The fourth-order valence-corrected chi connectivity index (χ4v) is 2.31. The number of halogens is 1. The molecule has 1 atom stereocenters. The number of aromatic hydroxyl groups is 1. The van der Waals surface area contributed by atoms with E-state index in [4.69, 9.17) is 0 Å². The van der Waals surface area contributed by atoms with Gasteiger partial charge in [0.1, 0.15) is 5.75 Å². The molecule has 7 heteroatoms. The fraction of sp³-hybridized carbons (Fsp3) is 0.118. The Bertz CT molecular complexity index is 763. The van der Waals surface area contributed by atoms with E-state index in [9.17, 15) is 14.7 Å². The molecule has 0 aliphatic heterocycles. The minimum Gasteiger partial charge on any atom is -0.507 e. The van der Waals surface area contributed by atoms with Crippen LogP contribution in [-0.2, 0) is 9.59 Å². The third-order valence-electron chi connectivity index (χ3n) is 3.21. The van der Waals surface area contributed by atoms with Crippen LogP contribution in [0, 0.1) is 0 Å². The number of benzene rings is 2. The number of phenols is 1. The molecule has 2 aromatic carbocycles. The van der Waals surface area contributed by atoms with E-state index < -0.39 is 11.8 Å². The number of carbonyl (C=O) groups is 2. The molecule has 6 nitrogen and oxygen atoms in total. The van der Waals surface area contributed by atoms with Gasteiger partial charge in [-0.15, -0.1) is 0 Å². The van der Waals surface area contributed by atoms with Crippen molar-refractivity contribution in [2.24, 2.45) is 5.10 Å². The van der Waals surface area contributed by atoms with Crippen molar-refractivity contribution in [1.29, 1.82) is 0 Å². The van der Waals surface area contributed by atoms with Gasteiger partial charge in [-0.2, -0.15) is 5.10 Å². The number of nitrogens with one attached hydrogen (secondary N) is 2. The number of hydrazone groups is 1. The lowest BCUT2D eigenvalue weighted by Gasteiger charge is -2.13. The molecule has 3 N–H and O–H groups in total. The van der Waals surface area contributed by atoms with Gasteiger partial charge in [-0.05, 0) is 30.7 Å². The second-order valence-electron chi connectivity index (χ2n) is 5.01. The zero-order valence-electron chi connectivity index (χ0n) is 12.9. The average Bonchev–Trinajstić information content (AvgIpc) is 2.58. The van der Waals surface area contributed by atoms with E-state index in [-0.39, 0.29) is 11.8 Å². The predicted molar refractivity (Wildman–Crippen MR) is 94.5 cm³/mol. The van der Waals surface area contributed by atoms with E-state index >= 15 is 0 Å². The van der Waals surface area contributed by atoms with Gasteiger partial charge in [-0.3, -0.25) is 9.59 Å². The SMILES string of the molecule is C[C@@H](NC(=O)C(=O)N/N=C/c1cc(Br)ccc1O)c1ccccc1. The lowest BCUT2D eigenvalue weighted by molar-refractivity contribution is -0.139. The molecule has 24 heavy (non-hydrogen) atoms. The van der Waals surface area contributed by atoms with Crippen molar-refractivity contribution in [2.75, 3.05) is 0 Å². The van der Waals surface area contributed by atoms with Crippen LogP contribution in [-0.4, -0.2) is 23.1 Å². The van der Waals surface area contributed by atoms with Crippen molar-refractivity contribution in [2.45, 2.75) is 13.0 Å². The Morgan fingerprint density at radius 1 is 1.17 bits per heavy atom. The molecule has 2 aromatic rings. The Morgan fingerprint density at radius 3 is 2.58 bits per heavy atom. The number of amides is 2. The summed E-state index contributed by atoms with van der Waals surface area (Å²) in [4.78, 5) is 23.6. The first-order valence-corrected chi connectivity index (χ1v) is 7.94. The van der Waals surface area contributed by atoms with Crippen molar-refractivity contribution < 1.29 is 14.7 Å². The Hall–Kier alpha value is -2.67. The summed E-state index contributed by atoms with van der Waals surface area (Å²) in [6.45, 7) is 1.78. The van der Waals surface area contributed by atoms with E-state index in [2.05, 4.69) is 31.8 Å². The van der Waals surface area contributed by atoms with Crippen molar-refractivity contribution in [3.63, 3.8) is 0 Å². The van der Waals surface area contributed by atoms with Gasteiger partial charge in [0.15, 0.2) is 0 Å². The minimum atomic E-state index is -0.886. The van der Waals surface area contributed by atoms with Crippen LogP contribution in [0.1, 0.15) is 24.1 Å². The first-order chi connectivity index (χ1) is 11.5. The van der Waals surface area contributed by atoms with E-state index in [1.807, 2.05) is 30.3 Å². The third kappa shape index (κ3) is 4.92. The van der Waals surface area contributed by atoms with Gasteiger partial charge in [-0.25, -0.2) is 5.43 Å². The van der Waals surface area contributed by atoms with Crippen LogP contribution in [0.3, 0.4) is 0 Å². The lowest BCUT2D eigenvalue weighted by Crippen LogP contribution is -2.39. The molecule has 124 valence electrons. The highest BCUT2D eigenvalue weighted by Crippen LogP contribution is 2.19. The number of carbonyl (C=O) groups excluding carboxylic acids is 2. The van der Waals surface area contributed by atoms with Crippen molar-refractivity contribution in [3.05, 3.63) is 64.1 Å². The number of hydrogen-bond acceptors (Lipinski definition) is 4. The molecule has 0 heterocycles. The predicted octanol–water partition coefficient (Wildman–Crippen LogP) is 2.48. The van der Waals surface area contributed by atoms with Gasteiger partial charge in [0, 0.05) is 10.0 Å². The Balaban J connectivity index is 1.91. The molecule has 0 radical (unpaired) electrons. The number of nitrogens with zero attached hydrogens (tertiary/aromatic N) is 1. The van der Waals surface area contributed by atoms with Gasteiger partial charge >= 0.3 is 11.8 Å². The van der Waals surface area contributed by atoms with Gasteiger partial charge in [0.05, 0.1) is 12.3 Å². The number of rotatable bonds is 4. The Kier molecular flexibility index (Phi) is 6.08.